The summed E-state index contributed by atoms with van der Waals surface area (Å²) in [6, 6.07) is 0. The zero-order valence-corrected chi connectivity index (χ0v) is 6.34. The van der Waals surface area contributed by atoms with Gasteiger partial charge in [-0.25, -0.2) is 0 Å². The van der Waals surface area contributed by atoms with Gasteiger partial charge in [0.2, 0.25) is 17.6 Å². The van der Waals surface area contributed by atoms with Gasteiger partial charge in [-0.05, 0) is 11.6 Å². The molecule has 59 valence electrons. The summed E-state index contributed by atoms with van der Waals surface area (Å²) in [6.07, 6.45) is 2.30. The second kappa shape index (κ2) is 4.05. The van der Waals surface area contributed by atoms with Crippen molar-refractivity contribution in [1.29, 1.82) is 0 Å². The molecule has 0 aliphatic rings. The molecule has 2 N–H and O–H groups in total. The Kier molecular flexibility index (Phi) is 3.00. The van der Waals surface area contributed by atoms with Crippen LogP contribution in [0.25, 0.3) is 0 Å². The fourth-order valence-corrected chi connectivity index (χ4v) is 0.616. The fraction of sp³-hybridized carbons (Fsp3) is 0.400. The Morgan fingerprint density at radius 1 is 1.55 bits per heavy atom. The van der Waals surface area contributed by atoms with Gasteiger partial charge >= 0.3 is 0 Å². The highest BCUT2D eigenvalue weighted by Gasteiger charge is 1.95. The predicted molar refractivity (Wildman–Crippen MR) is 39.2 cm³/mol. The zero-order valence-electron chi connectivity index (χ0n) is 5.58. The number of halogens is 1. The molecule has 0 amide bonds. The van der Waals surface area contributed by atoms with Gasteiger partial charge in [-0.15, -0.1) is 0 Å². The topological polar surface area (TPSA) is 70.9 Å². The van der Waals surface area contributed by atoms with Crippen LogP contribution in [0.15, 0.2) is 0 Å². The first-order valence-electron chi connectivity index (χ1n) is 2.95. The first-order chi connectivity index (χ1) is 5.33. The average molecular weight is 174 g/mol. The maximum atomic E-state index is 8.42. The molecule has 0 aromatic carbocycles. The molecule has 0 spiro atoms. The maximum Gasteiger partial charge on any atom is 0.227 e. The van der Waals surface area contributed by atoms with Crippen LogP contribution in [-0.4, -0.2) is 33.2 Å². The van der Waals surface area contributed by atoms with Gasteiger partial charge < -0.3 is 10.4 Å². The molecular weight excluding hydrogens is 168 g/mol. The number of nitrogens with one attached hydrogen (secondary N) is 1. The molecule has 1 aromatic heterocycles. The highest BCUT2D eigenvalue weighted by molar-refractivity contribution is 6.28. The van der Waals surface area contributed by atoms with Gasteiger partial charge in [0.15, 0.2) is 0 Å². The fourth-order valence-electron chi connectivity index (χ4n) is 0.498. The lowest BCUT2D eigenvalue weighted by molar-refractivity contribution is 0.311. The first kappa shape index (κ1) is 8.16. The summed E-state index contributed by atoms with van der Waals surface area (Å²) in [5.74, 6) is 0.319. The summed E-state index contributed by atoms with van der Waals surface area (Å²) in [5, 5.41) is 11.2. The Labute approximate surface area is 68.5 Å². The highest BCUT2D eigenvalue weighted by atomic mass is 35.5. The van der Waals surface area contributed by atoms with Crippen LogP contribution in [0.4, 0.5) is 5.95 Å². The summed E-state index contributed by atoms with van der Waals surface area (Å²) in [6.45, 7) is 0.400. The van der Waals surface area contributed by atoms with E-state index in [1.165, 1.54) is 0 Å². The van der Waals surface area contributed by atoms with Crippen LogP contribution in [0, 0.1) is 6.33 Å². The lowest BCUT2D eigenvalue weighted by Crippen LogP contribution is -2.08. The van der Waals surface area contributed by atoms with E-state index in [-0.39, 0.29) is 11.9 Å². The molecule has 0 saturated heterocycles. The van der Waals surface area contributed by atoms with Crippen LogP contribution in [0.3, 0.4) is 0 Å². The normalized spacial score (nSPS) is 9.64. The number of anilines is 1. The molecule has 0 unspecified atom stereocenters. The maximum absolute atomic E-state index is 8.42. The number of aliphatic hydroxyl groups excluding tert-OH is 1. The molecule has 1 rings (SSSR count). The van der Waals surface area contributed by atoms with Gasteiger partial charge in [0.1, 0.15) is 0 Å². The third kappa shape index (κ3) is 2.65. The molecule has 5 nitrogen and oxygen atoms in total. The minimum absolute atomic E-state index is 0.0172. The minimum Gasteiger partial charge on any atom is -0.395 e. The van der Waals surface area contributed by atoms with Crippen LogP contribution >= 0.6 is 11.6 Å². The number of nitrogens with zero attached hydrogens (tertiary/aromatic N) is 3. The number of aliphatic hydroxyl groups is 1. The van der Waals surface area contributed by atoms with E-state index in [9.17, 15) is 0 Å². The Balaban J connectivity index is 2.56. The summed E-state index contributed by atoms with van der Waals surface area (Å²) < 4.78 is 0. The van der Waals surface area contributed by atoms with Crippen LogP contribution in [0.5, 0.6) is 0 Å². The molecule has 0 fully saturated rings. The van der Waals surface area contributed by atoms with Crippen molar-refractivity contribution in [2.45, 2.75) is 0 Å². The average Bonchev–Trinajstić information content (AvgIpc) is 2.01. The molecule has 11 heavy (non-hydrogen) atoms. The monoisotopic (exact) mass is 173 g/mol. The van der Waals surface area contributed by atoms with Gasteiger partial charge in [-0.2, -0.15) is 15.0 Å². The van der Waals surface area contributed by atoms with E-state index in [4.69, 9.17) is 16.7 Å². The Hall–Kier alpha value is -0.940. The number of rotatable bonds is 3. The van der Waals surface area contributed by atoms with E-state index in [2.05, 4.69) is 26.6 Å². The quantitative estimate of drug-likeness (QED) is 0.659. The van der Waals surface area contributed by atoms with E-state index in [1.807, 2.05) is 0 Å². The zero-order chi connectivity index (χ0) is 8.10. The van der Waals surface area contributed by atoms with Crippen LogP contribution in [0.1, 0.15) is 0 Å². The molecule has 0 saturated carbocycles. The van der Waals surface area contributed by atoms with Gasteiger partial charge in [0.05, 0.1) is 6.61 Å². The third-order valence-electron chi connectivity index (χ3n) is 0.891. The van der Waals surface area contributed by atoms with Gasteiger partial charge in [-0.1, -0.05) is 0 Å². The summed E-state index contributed by atoms with van der Waals surface area (Å²) in [7, 11) is 0. The van der Waals surface area contributed by atoms with Crippen molar-refractivity contribution in [2.75, 3.05) is 18.5 Å². The molecule has 0 aliphatic heterocycles. The number of hydrogen-bond donors (Lipinski definition) is 2. The SMILES string of the molecule is OCCNc1n[c]nc(Cl)n1. The minimum atomic E-state index is 0.0172. The van der Waals surface area contributed by atoms with Crippen molar-refractivity contribution >= 4 is 17.5 Å². The second-order valence-corrected chi connectivity index (χ2v) is 2.02. The molecule has 0 bridgehead atoms. The molecular formula is C5H6ClN4O. The largest absolute Gasteiger partial charge is 0.395 e. The Bertz CT molecular complexity index is 231. The van der Waals surface area contributed by atoms with E-state index < -0.39 is 0 Å². The predicted octanol–water partition coefficient (Wildman–Crippen LogP) is -0.271. The first-order valence-corrected chi connectivity index (χ1v) is 3.33. The van der Waals surface area contributed by atoms with Crippen molar-refractivity contribution in [2.24, 2.45) is 0 Å². The van der Waals surface area contributed by atoms with Gasteiger partial charge in [0, 0.05) is 6.54 Å². The molecule has 1 radical (unpaired) electrons. The van der Waals surface area contributed by atoms with Crippen molar-refractivity contribution < 1.29 is 5.11 Å². The van der Waals surface area contributed by atoms with E-state index in [1.54, 1.807) is 0 Å². The molecule has 0 aliphatic carbocycles. The van der Waals surface area contributed by atoms with Gasteiger partial charge in [0.25, 0.3) is 0 Å². The van der Waals surface area contributed by atoms with Crippen LogP contribution < -0.4 is 5.32 Å². The Morgan fingerprint density at radius 2 is 2.36 bits per heavy atom. The van der Waals surface area contributed by atoms with E-state index in [0.717, 1.165) is 0 Å². The van der Waals surface area contributed by atoms with Crippen LogP contribution in [0.2, 0.25) is 5.28 Å². The van der Waals surface area contributed by atoms with Crippen molar-refractivity contribution in [3.8, 4) is 0 Å². The van der Waals surface area contributed by atoms with E-state index in [0.29, 0.717) is 12.5 Å². The standard InChI is InChI=1S/C5H6ClN4O/c6-4-8-3-9-5(10-4)7-1-2-11/h11H,1-2H2,(H,7,8,9,10). The lowest BCUT2D eigenvalue weighted by atomic mass is 10.7. The van der Waals surface area contributed by atoms with Gasteiger partial charge in [-0.3, -0.25) is 0 Å². The second-order valence-electron chi connectivity index (χ2n) is 1.68. The molecule has 6 heteroatoms. The molecule has 1 aromatic rings. The summed E-state index contributed by atoms with van der Waals surface area (Å²) >= 11 is 5.43. The molecule has 0 atom stereocenters. The van der Waals surface area contributed by atoms with Crippen molar-refractivity contribution in [3.63, 3.8) is 0 Å². The lowest BCUT2D eigenvalue weighted by Gasteiger charge is -1.99. The summed E-state index contributed by atoms with van der Waals surface area (Å²) in [4.78, 5) is 10.8. The number of aromatic nitrogens is 3. The van der Waals surface area contributed by atoms with Crippen molar-refractivity contribution in [1.82, 2.24) is 15.0 Å². The Morgan fingerprint density at radius 3 is 3.00 bits per heavy atom. The number of hydrogen-bond acceptors (Lipinski definition) is 5. The molecule has 1 heterocycles. The van der Waals surface area contributed by atoms with Crippen molar-refractivity contribution in [3.05, 3.63) is 11.6 Å². The third-order valence-corrected chi connectivity index (χ3v) is 1.06. The van der Waals surface area contributed by atoms with Crippen LogP contribution in [-0.2, 0) is 0 Å². The smallest absolute Gasteiger partial charge is 0.227 e. The van der Waals surface area contributed by atoms with E-state index >= 15 is 0 Å². The highest BCUT2D eigenvalue weighted by Crippen LogP contribution is 2.00. The summed E-state index contributed by atoms with van der Waals surface area (Å²) in [5.41, 5.74) is 0.